The molecule has 8 nitrogen and oxygen atoms in total. The second-order valence-corrected chi connectivity index (χ2v) is 5.99. The molecule has 0 unspecified atom stereocenters. The van der Waals surface area contributed by atoms with Gasteiger partial charge < -0.3 is 24.5 Å². The van der Waals surface area contributed by atoms with Crippen LogP contribution in [0.25, 0.3) is 0 Å². The Morgan fingerprint density at radius 1 is 1.15 bits per heavy atom. The van der Waals surface area contributed by atoms with E-state index in [0.29, 0.717) is 16.1 Å². The summed E-state index contributed by atoms with van der Waals surface area (Å²) in [6.07, 6.45) is 0. The molecule has 1 aromatic heterocycles. The zero-order chi connectivity index (χ0) is 19.1. The number of anilines is 1. The SMILES string of the molecule is COc1ccc(C)cc1NC(=O)CNC(=O)COC(=O)c1ccc(Br)o1. The number of hydrogen-bond donors (Lipinski definition) is 2. The molecule has 2 N–H and O–H groups in total. The summed E-state index contributed by atoms with van der Waals surface area (Å²) >= 11 is 3.06. The van der Waals surface area contributed by atoms with Crippen molar-refractivity contribution >= 4 is 39.4 Å². The van der Waals surface area contributed by atoms with Crippen molar-refractivity contribution in [1.29, 1.82) is 0 Å². The molecule has 0 aliphatic carbocycles. The number of hydrogen-bond acceptors (Lipinski definition) is 6. The van der Waals surface area contributed by atoms with Crippen LogP contribution in [0.15, 0.2) is 39.4 Å². The lowest BCUT2D eigenvalue weighted by Crippen LogP contribution is -2.35. The van der Waals surface area contributed by atoms with Crippen molar-refractivity contribution in [2.75, 3.05) is 25.6 Å². The number of aryl methyl sites for hydroxylation is 1. The lowest BCUT2D eigenvalue weighted by molar-refractivity contribution is -0.126. The van der Waals surface area contributed by atoms with E-state index in [0.717, 1.165) is 5.56 Å². The summed E-state index contributed by atoms with van der Waals surface area (Å²) in [6, 6.07) is 8.27. The van der Waals surface area contributed by atoms with Crippen LogP contribution in [-0.4, -0.2) is 38.0 Å². The molecule has 1 heterocycles. The minimum atomic E-state index is -0.778. The van der Waals surface area contributed by atoms with Gasteiger partial charge in [0, 0.05) is 0 Å². The van der Waals surface area contributed by atoms with Gasteiger partial charge >= 0.3 is 5.97 Å². The van der Waals surface area contributed by atoms with Crippen molar-refractivity contribution in [2.45, 2.75) is 6.92 Å². The zero-order valence-electron chi connectivity index (χ0n) is 14.1. The average Bonchev–Trinajstić information content (AvgIpc) is 3.04. The van der Waals surface area contributed by atoms with E-state index in [1.54, 1.807) is 12.1 Å². The van der Waals surface area contributed by atoms with Crippen molar-refractivity contribution in [3.05, 3.63) is 46.3 Å². The van der Waals surface area contributed by atoms with Gasteiger partial charge in [-0.15, -0.1) is 0 Å². The average molecular weight is 425 g/mol. The molecule has 2 amide bonds. The van der Waals surface area contributed by atoms with Gasteiger partial charge in [0.2, 0.25) is 11.7 Å². The van der Waals surface area contributed by atoms with Gasteiger partial charge in [-0.1, -0.05) is 6.07 Å². The van der Waals surface area contributed by atoms with E-state index in [2.05, 4.69) is 26.6 Å². The molecule has 0 aliphatic rings. The number of halogens is 1. The molecule has 0 radical (unpaired) electrons. The van der Waals surface area contributed by atoms with Crippen LogP contribution in [0.1, 0.15) is 16.1 Å². The predicted octanol–water partition coefficient (Wildman–Crippen LogP) is 2.27. The maximum Gasteiger partial charge on any atom is 0.374 e. The fraction of sp³-hybridized carbons (Fsp3) is 0.235. The van der Waals surface area contributed by atoms with Crippen molar-refractivity contribution in [2.24, 2.45) is 0 Å². The van der Waals surface area contributed by atoms with Crippen LogP contribution in [0.4, 0.5) is 5.69 Å². The Labute approximate surface area is 158 Å². The summed E-state index contributed by atoms with van der Waals surface area (Å²) < 4.78 is 15.3. The first-order valence-corrected chi connectivity index (χ1v) is 8.32. The molecule has 0 saturated heterocycles. The molecule has 2 rings (SSSR count). The van der Waals surface area contributed by atoms with Gasteiger partial charge in [0.05, 0.1) is 19.3 Å². The molecule has 0 aliphatic heterocycles. The summed E-state index contributed by atoms with van der Waals surface area (Å²) in [5, 5.41) is 5.00. The summed E-state index contributed by atoms with van der Waals surface area (Å²) in [7, 11) is 1.49. The highest BCUT2D eigenvalue weighted by Gasteiger charge is 2.15. The van der Waals surface area contributed by atoms with Crippen LogP contribution in [0, 0.1) is 6.92 Å². The highest BCUT2D eigenvalue weighted by molar-refractivity contribution is 9.10. The van der Waals surface area contributed by atoms with Crippen molar-refractivity contribution in [3.8, 4) is 5.75 Å². The Kier molecular flexibility index (Phi) is 6.79. The lowest BCUT2D eigenvalue weighted by atomic mass is 10.2. The van der Waals surface area contributed by atoms with E-state index in [1.165, 1.54) is 19.2 Å². The Hall–Kier alpha value is -2.81. The number of rotatable bonds is 7. The van der Waals surface area contributed by atoms with E-state index in [4.69, 9.17) is 13.9 Å². The van der Waals surface area contributed by atoms with Gasteiger partial charge in [-0.2, -0.15) is 0 Å². The molecule has 1 aromatic carbocycles. The Morgan fingerprint density at radius 2 is 1.92 bits per heavy atom. The van der Waals surface area contributed by atoms with Gasteiger partial charge in [0.15, 0.2) is 11.3 Å². The fourth-order valence-corrected chi connectivity index (χ4v) is 2.28. The fourth-order valence-electron chi connectivity index (χ4n) is 1.97. The van der Waals surface area contributed by atoms with Crippen molar-refractivity contribution < 1.29 is 28.3 Å². The quantitative estimate of drug-likeness (QED) is 0.660. The number of carbonyl (C=O) groups excluding carboxylic acids is 3. The summed E-state index contributed by atoms with van der Waals surface area (Å²) in [5.74, 6) is -1.36. The number of ether oxygens (including phenoxy) is 2. The number of methoxy groups -OCH3 is 1. The number of benzene rings is 1. The molecule has 0 bridgehead atoms. The largest absolute Gasteiger partial charge is 0.495 e. The Balaban J connectivity index is 1.77. The molecular weight excluding hydrogens is 408 g/mol. The lowest BCUT2D eigenvalue weighted by Gasteiger charge is -2.11. The predicted molar refractivity (Wildman–Crippen MR) is 96.1 cm³/mol. The molecule has 0 saturated carbocycles. The third-order valence-electron chi connectivity index (χ3n) is 3.18. The zero-order valence-corrected chi connectivity index (χ0v) is 15.7. The minimum absolute atomic E-state index is 0.0334. The first kappa shape index (κ1) is 19.5. The van der Waals surface area contributed by atoms with E-state index in [-0.39, 0.29) is 12.3 Å². The Bertz CT molecular complexity index is 817. The van der Waals surface area contributed by atoms with E-state index in [9.17, 15) is 14.4 Å². The minimum Gasteiger partial charge on any atom is -0.495 e. The molecule has 9 heteroatoms. The third-order valence-corrected chi connectivity index (χ3v) is 3.61. The van der Waals surface area contributed by atoms with E-state index < -0.39 is 24.4 Å². The maximum atomic E-state index is 11.9. The first-order valence-electron chi connectivity index (χ1n) is 7.52. The molecule has 26 heavy (non-hydrogen) atoms. The number of esters is 1. The van der Waals surface area contributed by atoms with Crippen LogP contribution in [0.5, 0.6) is 5.75 Å². The smallest absolute Gasteiger partial charge is 0.374 e. The van der Waals surface area contributed by atoms with Gasteiger partial charge in [-0.3, -0.25) is 9.59 Å². The van der Waals surface area contributed by atoms with E-state index >= 15 is 0 Å². The van der Waals surface area contributed by atoms with E-state index in [1.807, 2.05) is 13.0 Å². The maximum absolute atomic E-state index is 11.9. The number of amides is 2. The topological polar surface area (TPSA) is 107 Å². The standard InChI is InChI=1S/C17H17BrN2O6/c1-10-3-4-12(24-2)11(7-10)20-15(21)8-19-16(22)9-25-17(23)13-5-6-14(18)26-13/h3-7H,8-9H2,1-2H3,(H,19,22)(H,20,21). The number of furan rings is 1. The van der Waals surface area contributed by atoms with Crippen molar-refractivity contribution in [1.82, 2.24) is 5.32 Å². The van der Waals surface area contributed by atoms with Crippen molar-refractivity contribution in [3.63, 3.8) is 0 Å². The summed E-state index contributed by atoms with van der Waals surface area (Å²) in [4.78, 5) is 35.3. The molecule has 0 spiro atoms. The second-order valence-electron chi connectivity index (χ2n) is 5.21. The molecule has 138 valence electrons. The second kappa shape index (κ2) is 9.04. The Morgan fingerprint density at radius 3 is 2.58 bits per heavy atom. The van der Waals surface area contributed by atoms with Crippen LogP contribution >= 0.6 is 15.9 Å². The molecule has 0 fully saturated rings. The van der Waals surface area contributed by atoms with Gasteiger partial charge in [0.25, 0.3) is 5.91 Å². The molecular formula is C17H17BrN2O6. The van der Waals surface area contributed by atoms with Gasteiger partial charge in [-0.25, -0.2) is 4.79 Å². The monoisotopic (exact) mass is 424 g/mol. The van der Waals surface area contributed by atoms with Gasteiger partial charge in [-0.05, 0) is 52.7 Å². The first-order chi connectivity index (χ1) is 12.4. The van der Waals surface area contributed by atoms with Crippen LogP contribution in [-0.2, 0) is 14.3 Å². The molecule has 0 atom stereocenters. The van der Waals surface area contributed by atoms with Crippen LogP contribution in [0.2, 0.25) is 0 Å². The summed E-state index contributed by atoms with van der Waals surface area (Å²) in [5.41, 5.74) is 1.45. The highest BCUT2D eigenvalue weighted by Crippen LogP contribution is 2.24. The van der Waals surface area contributed by atoms with Crippen LogP contribution in [0.3, 0.4) is 0 Å². The number of carbonyl (C=O) groups is 3. The normalized spacial score (nSPS) is 10.1. The summed E-state index contributed by atoms with van der Waals surface area (Å²) in [6.45, 7) is 1.07. The highest BCUT2D eigenvalue weighted by atomic mass is 79.9. The number of nitrogens with one attached hydrogen (secondary N) is 2. The van der Waals surface area contributed by atoms with Crippen LogP contribution < -0.4 is 15.4 Å². The molecule has 2 aromatic rings. The van der Waals surface area contributed by atoms with Gasteiger partial charge in [0.1, 0.15) is 5.75 Å². The third kappa shape index (κ3) is 5.62.